The van der Waals surface area contributed by atoms with E-state index in [1.165, 1.54) is 37.2 Å². The Morgan fingerprint density at radius 2 is 1.80 bits per heavy atom. The topological polar surface area (TPSA) is 18.5 Å². The Morgan fingerprint density at radius 1 is 1.05 bits per heavy atom. The highest BCUT2D eigenvalue weighted by molar-refractivity contribution is 6.31. The highest BCUT2D eigenvalue weighted by Crippen LogP contribution is 2.30. The lowest BCUT2D eigenvalue weighted by atomic mass is 10.1. The van der Waals surface area contributed by atoms with Crippen LogP contribution in [0.3, 0.4) is 0 Å². The van der Waals surface area contributed by atoms with Crippen LogP contribution in [0.1, 0.15) is 18.4 Å². The van der Waals surface area contributed by atoms with Gasteiger partial charge in [-0.15, -0.1) is 0 Å². The molecule has 0 aliphatic carbocycles. The molecule has 2 heterocycles. The number of benzene rings is 1. The van der Waals surface area contributed by atoms with Crippen LogP contribution in [0.25, 0.3) is 0 Å². The number of halogens is 1. The molecule has 1 N–H and O–H groups in total. The van der Waals surface area contributed by atoms with E-state index in [-0.39, 0.29) is 0 Å². The number of hydrogen-bond acceptors (Lipinski definition) is 3. The van der Waals surface area contributed by atoms with Crippen LogP contribution < -0.4 is 10.2 Å². The zero-order valence-electron chi connectivity index (χ0n) is 12.1. The Labute approximate surface area is 126 Å². The molecule has 0 saturated carbocycles. The van der Waals surface area contributed by atoms with Gasteiger partial charge in [0.1, 0.15) is 0 Å². The number of nitrogens with one attached hydrogen (secondary N) is 1. The molecule has 2 aliphatic rings. The summed E-state index contributed by atoms with van der Waals surface area (Å²) in [4.78, 5) is 5.03. The van der Waals surface area contributed by atoms with E-state index in [0.29, 0.717) is 0 Å². The molecule has 0 atom stereocenters. The van der Waals surface area contributed by atoms with Crippen LogP contribution in [-0.4, -0.2) is 50.7 Å². The predicted molar refractivity (Wildman–Crippen MR) is 85.9 cm³/mol. The second-order valence-electron chi connectivity index (χ2n) is 5.77. The SMILES string of the molecule is Clc1cccc(N2CCCC2)c1CCN1CCNCC1. The van der Waals surface area contributed by atoms with Crippen LogP contribution in [0.4, 0.5) is 5.69 Å². The van der Waals surface area contributed by atoms with E-state index in [4.69, 9.17) is 11.6 Å². The summed E-state index contributed by atoms with van der Waals surface area (Å²) in [5, 5.41) is 4.34. The molecule has 2 saturated heterocycles. The number of rotatable bonds is 4. The van der Waals surface area contributed by atoms with Gasteiger partial charge in [-0.2, -0.15) is 0 Å². The molecule has 0 amide bonds. The van der Waals surface area contributed by atoms with E-state index < -0.39 is 0 Å². The third-order valence-electron chi connectivity index (χ3n) is 4.43. The van der Waals surface area contributed by atoms with Crippen LogP contribution in [0.15, 0.2) is 18.2 Å². The first kappa shape index (κ1) is 14.2. The van der Waals surface area contributed by atoms with Gasteiger partial charge < -0.3 is 15.1 Å². The molecule has 1 aromatic carbocycles. The molecule has 4 heteroatoms. The molecule has 2 fully saturated rings. The van der Waals surface area contributed by atoms with E-state index in [9.17, 15) is 0 Å². The van der Waals surface area contributed by atoms with Crippen molar-refractivity contribution in [2.75, 3.05) is 50.7 Å². The molecule has 2 aliphatic heterocycles. The van der Waals surface area contributed by atoms with Gasteiger partial charge in [-0.3, -0.25) is 0 Å². The fourth-order valence-corrected chi connectivity index (χ4v) is 3.52. The Balaban J connectivity index is 1.70. The third-order valence-corrected chi connectivity index (χ3v) is 4.78. The predicted octanol–water partition coefficient (Wildman–Crippen LogP) is 2.39. The molecule has 1 aromatic rings. The van der Waals surface area contributed by atoms with Crippen LogP contribution in [0.5, 0.6) is 0 Å². The minimum atomic E-state index is 0.935. The standard InChI is InChI=1S/C16H24ClN3/c17-15-4-3-5-16(20-9-1-2-10-20)14(15)6-11-19-12-7-18-8-13-19/h3-5,18H,1-2,6-13H2. The number of piperazine rings is 1. The van der Waals surface area contributed by atoms with Crippen molar-refractivity contribution in [1.82, 2.24) is 10.2 Å². The molecule has 3 rings (SSSR count). The van der Waals surface area contributed by atoms with Crippen molar-refractivity contribution in [3.8, 4) is 0 Å². The lowest BCUT2D eigenvalue weighted by Gasteiger charge is -2.28. The smallest absolute Gasteiger partial charge is 0.0459 e. The van der Waals surface area contributed by atoms with Gasteiger partial charge >= 0.3 is 0 Å². The van der Waals surface area contributed by atoms with Crippen molar-refractivity contribution in [1.29, 1.82) is 0 Å². The molecule has 3 nitrogen and oxygen atoms in total. The largest absolute Gasteiger partial charge is 0.371 e. The molecule has 0 unspecified atom stereocenters. The fourth-order valence-electron chi connectivity index (χ4n) is 3.25. The van der Waals surface area contributed by atoms with Gasteiger partial charge in [0.15, 0.2) is 0 Å². The van der Waals surface area contributed by atoms with E-state index in [0.717, 1.165) is 44.2 Å². The number of anilines is 1. The molecule has 0 bridgehead atoms. The van der Waals surface area contributed by atoms with Crippen LogP contribution in [-0.2, 0) is 6.42 Å². The first-order chi connectivity index (χ1) is 9.84. The second-order valence-corrected chi connectivity index (χ2v) is 6.18. The first-order valence-electron chi connectivity index (χ1n) is 7.80. The average molecular weight is 294 g/mol. The third kappa shape index (κ3) is 3.27. The zero-order valence-corrected chi connectivity index (χ0v) is 12.8. The maximum atomic E-state index is 6.47. The van der Waals surface area contributed by atoms with Gasteiger partial charge in [0.2, 0.25) is 0 Å². The van der Waals surface area contributed by atoms with Crippen molar-refractivity contribution in [2.45, 2.75) is 19.3 Å². The van der Waals surface area contributed by atoms with Gasteiger partial charge in [-0.1, -0.05) is 17.7 Å². The van der Waals surface area contributed by atoms with Crippen molar-refractivity contribution in [3.63, 3.8) is 0 Å². The summed E-state index contributed by atoms with van der Waals surface area (Å²) in [5.41, 5.74) is 2.71. The molecule has 20 heavy (non-hydrogen) atoms. The lowest BCUT2D eigenvalue weighted by molar-refractivity contribution is 0.244. The summed E-state index contributed by atoms with van der Waals surface area (Å²) in [7, 11) is 0. The molecular formula is C16H24ClN3. The Morgan fingerprint density at radius 3 is 2.55 bits per heavy atom. The maximum Gasteiger partial charge on any atom is 0.0459 e. The Hall–Kier alpha value is -0.770. The van der Waals surface area contributed by atoms with Gasteiger partial charge in [0.05, 0.1) is 0 Å². The van der Waals surface area contributed by atoms with Crippen molar-refractivity contribution in [2.24, 2.45) is 0 Å². The van der Waals surface area contributed by atoms with Gasteiger partial charge in [0, 0.05) is 56.5 Å². The highest BCUT2D eigenvalue weighted by atomic mass is 35.5. The van der Waals surface area contributed by atoms with Crippen molar-refractivity contribution in [3.05, 3.63) is 28.8 Å². The first-order valence-corrected chi connectivity index (χ1v) is 8.18. The summed E-state index contributed by atoms with van der Waals surface area (Å²) < 4.78 is 0. The molecular weight excluding hydrogens is 270 g/mol. The normalized spacial score (nSPS) is 20.6. The van der Waals surface area contributed by atoms with Crippen LogP contribution in [0.2, 0.25) is 5.02 Å². The highest BCUT2D eigenvalue weighted by Gasteiger charge is 2.18. The van der Waals surface area contributed by atoms with Crippen LogP contribution >= 0.6 is 11.6 Å². The zero-order chi connectivity index (χ0) is 13.8. The van der Waals surface area contributed by atoms with E-state index in [1.807, 2.05) is 6.07 Å². The summed E-state index contributed by atoms with van der Waals surface area (Å²) in [6.45, 7) is 8.02. The maximum absolute atomic E-state index is 6.47. The molecule has 110 valence electrons. The molecule has 0 aromatic heterocycles. The van der Waals surface area contributed by atoms with Crippen molar-refractivity contribution >= 4 is 17.3 Å². The fraction of sp³-hybridized carbons (Fsp3) is 0.625. The van der Waals surface area contributed by atoms with Crippen LogP contribution in [0, 0.1) is 0 Å². The molecule has 0 spiro atoms. The van der Waals surface area contributed by atoms with Gasteiger partial charge in [-0.05, 0) is 37.0 Å². The summed E-state index contributed by atoms with van der Waals surface area (Å²) in [6, 6.07) is 6.36. The van der Waals surface area contributed by atoms with Gasteiger partial charge in [0.25, 0.3) is 0 Å². The second kappa shape index (κ2) is 6.79. The quantitative estimate of drug-likeness (QED) is 0.920. The van der Waals surface area contributed by atoms with E-state index in [2.05, 4.69) is 27.2 Å². The molecule has 0 radical (unpaired) electrons. The Kier molecular flexibility index (Phi) is 4.81. The average Bonchev–Trinajstić information content (AvgIpc) is 3.01. The monoisotopic (exact) mass is 293 g/mol. The minimum Gasteiger partial charge on any atom is -0.371 e. The summed E-state index contributed by atoms with van der Waals surface area (Å²) >= 11 is 6.47. The Bertz CT molecular complexity index is 437. The summed E-state index contributed by atoms with van der Waals surface area (Å²) in [5.74, 6) is 0. The van der Waals surface area contributed by atoms with Gasteiger partial charge in [-0.25, -0.2) is 0 Å². The summed E-state index contributed by atoms with van der Waals surface area (Å²) in [6.07, 6.45) is 3.68. The van der Waals surface area contributed by atoms with E-state index >= 15 is 0 Å². The lowest BCUT2D eigenvalue weighted by Crippen LogP contribution is -2.44. The van der Waals surface area contributed by atoms with E-state index in [1.54, 1.807) is 0 Å². The minimum absolute atomic E-state index is 0.935. The van der Waals surface area contributed by atoms with Crippen molar-refractivity contribution < 1.29 is 0 Å². The number of nitrogens with zero attached hydrogens (tertiary/aromatic N) is 2. The number of hydrogen-bond donors (Lipinski definition) is 1.